The zero-order valence-electron chi connectivity index (χ0n) is 13.6. The normalized spacial score (nSPS) is 26.5. The third-order valence-corrected chi connectivity index (χ3v) is 5.28. The number of carbonyl (C=O) groups is 1. The molecule has 1 aromatic carbocycles. The van der Waals surface area contributed by atoms with Crippen LogP contribution in [0.5, 0.6) is 11.5 Å². The van der Waals surface area contributed by atoms with E-state index in [1.807, 2.05) is 6.07 Å². The summed E-state index contributed by atoms with van der Waals surface area (Å²) in [5.74, 6) is 2.30. The molecule has 1 amide bonds. The average Bonchev–Trinajstić information content (AvgIpc) is 3.25. The van der Waals surface area contributed by atoms with Crippen LogP contribution >= 0.6 is 0 Å². The van der Waals surface area contributed by atoms with Crippen LogP contribution in [0.25, 0.3) is 0 Å². The van der Waals surface area contributed by atoms with Crippen molar-refractivity contribution in [2.45, 2.75) is 32.2 Å². The Kier molecular flexibility index (Phi) is 4.12. The second-order valence-corrected chi connectivity index (χ2v) is 6.94. The van der Waals surface area contributed by atoms with Crippen molar-refractivity contribution < 1.29 is 19.2 Å². The van der Waals surface area contributed by atoms with Gasteiger partial charge < -0.3 is 19.3 Å². The van der Waals surface area contributed by atoms with E-state index in [1.54, 1.807) is 0 Å². The summed E-state index contributed by atoms with van der Waals surface area (Å²) >= 11 is 0. The molecule has 1 aromatic rings. The Morgan fingerprint density at radius 1 is 1.17 bits per heavy atom. The summed E-state index contributed by atoms with van der Waals surface area (Å²) < 4.78 is 10.8. The highest BCUT2D eigenvalue weighted by atomic mass is 16.7. The maximum Gasteiger partial charge on any atom is 0.231 e. The Bertz CT molecular complexity index is 584. The molecule has 4 rings (SSSR count). The van der Waals surface area contributed by atoms with Crippen LogP contribution in [-0.4, -0.2) is 43.8 Å². The SMILES string of the molecule is O=C([C@H]1CCC[NH+](Cc2ccc3c(c2)OCO3)C1)N1CCCC1. The first kappa shape index (κ1) is 14.8. The summed E-state index contributed by atoms with van der Waals surface area (Å²) in [4.78, 5) is 16.2. The molecule has 124 valence electrons. The second kappa shape index (κ2) is 6.40. The highest BCUT2D eigenvalue weighted by molar-refractivity contribution is 5.79. The smallest absolute Gasteiger partial charge is 0.231 e. The van der Waals surface area contributed by atoms with Gasteiger partial charge in [-0.05, 0) is 43.9 Å². The molecule has 1 unspecified atom stereocenters. The van der Waals surface area contributed by atoms with Gasteiger partial charge in [0.15, 0.2) is 11.5 Å². The van der Waals surface area contributed by atoms with E-state index in [0.29, 0.717) is 12.7 Å². The van der Waals surface area contributed by atoms with Crippen molar-refractivity contribution in [3.8, 4) is 11.5 Å². The van der Waals surface area contributed by atoms with Crippen molar-refractivity contribution in [3.05, 3.63) is 23.8 Å². The number of likely N-dealkylation sites (tertiary alicyclic amines) is 2. The molecule has 0 saturated carbocycles. The van der Waals surface area contributed by atoms with Crippen LogP contribution < -0.4 is 14.4 Å². The van der Waals surface area contributed by atoms with Gasteiger partial charge in [-0.25, -0.2) is 0 Å². The lowest BCUT2D eigenvalue weighted by Crippen LogP contribution is -3.12. The molecule has 2 saturated heterocycles. The van der Waals surface area contributed by atoms with Gasteiger partial charge in [-0.2, -0.15) is 0 Å². The molecule has 5 nitrogen and oxygen atoms in total. The number of nitrogens with zero attached hydrogens (tertiary/aromatic N) is 1. The summed E-state index contributed by atoms with van der Waals surface area (Å²) in [6.45, 7) is 5.32. The molecule has 3 heterocycles. The number of hydrogen-bond acceptors (Lipinski definition) is 3. The lowest BCUT2D eigenvalue weighted by molar-refractivity contribution is -0.921. The van der Waals surface area contributed by atoms with Crippen LogP contribution in [0, 0.1) is 5.92 Å². The first-order valence-electron chi connectivity index (χ1n) is 8.80. The van der Waals surface area contributed by atoms with Crippen LogP contribution in [0.4, 0.5) is 0 Å². The quantitative estimate of drug-likeness (QED) is 0.898. The van der Waals surface area contributed by atoms with E-state index in [2.05, 4.69) is 17.0 Å². The number of amides is 1. The molecule has 2 atom stereocenters. The van der Waals surface area contributed by atoms with Crippen molar-refractivity contribution in [2.75, 3.05) is 33.0 Å². The van der Waals surface area contributed by atoms with E-state index in [9.17, 15) is 4.79 Å². The average molecular weight is 317 g/mol. The number of quaternary nitrogens is 1. The molecular formula is C18H25N2O3+. The van der Waals surface area contributed by atoms with E-state index in [1.165, 1.54) is 23.3 Å². The Morgan fingerprint density at radius 2 is 2.00 bits per heavy atom. The summed E-state index contributed by atoms with van der Waals surface area (Å²) in [6.07, 6.45) is 4.54. The number of rotatable bonds is 3. The molecule has 23 heavy (non-hydrogen) atoms. The molecule has 3 aliphatic rings. The van der Waals surface area contributed by atoms with Crippen LogP contribution in [0.1, 0.15) is 31.2 Å². The standard InChI is InChI=1S/C18H24N2O3/c21-18(20-8-1-2-9-20)15-4-3-7-19(12-15)11-14-5-6-16-17(10-14)23-13-22-16/h5-6,10,15H,1-4,7-9,11-13H2/p+1/t15-/m0/s1. The second-order valence-electron chi connectivity index (χ2n) is 6.94. The van der Waals surface area contributed by atoms with Gasteiger partial charge in [-0.1, -0.05) is 0 Å². The number of benzene rings is 1. The Morgan fingerprint density at radius 3 is 2.87 bits per heavy atom. The van der Waals surface area contributed by atoms with Gasteiger partial charge in [0.25, 0.3) is 0 Å². The van der Waals surface area contributed by atoms with Gasteiger partial charge in [0.05, 0.1) is 19.0 Å². The first-order chi connectivity index (χ1) is 11.3. The van der Waals surface area contributed by atoms with Crippen LogP contribution in [0.15, 0.2) is 18.2 Å². The van der Waals surface area contributed by atoms with Crippen molar-refractivity contribution in [3.63, 3.8) is 0 Å². The monoisotopic (exact) mass is 317 g/mol. The Hall–Kier alpha value is -1.75. The molecule has 0 radical (unpaired) electrons. The number of carbonyl (C=O) groups excluding carboxylic acids is 1. The number of hydrogen-bond donors (Lipinski definition) is 1. The zero-order chi connectivity index (χ0) is 15.6. The number of ether oxygens (including phenoxy) is 2. The fourth-order valence-electron chi connectivity index (χ4n) is 4.06. The Balaban J connectivity index is 1.38. The van der Waals surface area contributed by atoms with E-state index in [-0.39, 0.29) is 5.92 Å². The molecule has 1 N–H and O–H groups in total. The van der Waals surface area contributed by atoms with Gasteiger partial charge in [-0.15, -0.1) is 0 Å². The number of piperidine rings is 1. The van der Waals surface area contributed by atoms with Crippen molar-refractivity contribution >= 4 is 5.91 Å². The maximum atomic E-state index is 12.6. The van der Waals surface area contributed by atoms with Crippen LogP contribution in [0.3, 0.4) is 0 Å². The minimum Gasteiger partial charge on any atom is -0.454 e. The zero-order valence-corrected chi connectivity index (χ0v) is 13.6. The van der Waals surface area contributed by atoms with Gasteiger partial charge in [0.2, 0.25) is 12.7 Å². The summed E-state index contributed by atoms with van der Waals surface area (Å²) in [5, 5.41) is 0. The molecule has 0 bridgehead atoms. The fourth-order valence-corrected chi connectivity index (χ4v) is 4.06. The first-order valence-corrected chi connectivity index (χ1v) is 8.80. The molecule has 3 aliphatic heterocycles. The van der Waals surface area contributed by atoms with E-state index in [0.717, 1.165) is 57.1 Å². The maximum absolute atomic E-state index is 12.6. The lowest BCUT2D eigenvalue weighted by Gasteiger charge is -2.31. The minimum atomic E-state index is 0.214. The van der Waals surface area contributed by atoms with Crippen LogP contribution in [0.2, 0.25) is 0 Å². The molecule has 0 spiro atoms. The van der Waals surface area contributed by atoms with Crippen molar-refractivity contribution in [1.29, 1.82) is 0 Å². The molecule has 0 aromatic heterocycles. The predicted octanol–water partition coefficient (Wildman–Crippen LogP) is 0.833. The third kappa shape index (κ3) is 3.15. The van der Waals surface area contributed by atoms with Gasteiger partial charge in [0, 0.05) is 18.7 Å². The highest BCUT2D eigenvalue weighted by Crippen LogP contribution is 2.32. The van der Waals surface area contributed by atoms with Gasteiger partial charge in [-0.3, -0.25) is 4.79 Å². The van der Waals surface area contributed by atoms with E-state index in [4.69, 9.17) is 9.47 Å². The third-order valence-electron chi connectivity index (χ3n) is 5.28. The molecule has 2 fully saturated rings. The topological polar surface area (TPSA) is 43.2 Å². The van der Waals surface area contributed by atoms with Crippen LogP contribution in [-0.2, 0) is 11.3 Å². The summed E-state index contributed by atoms with van der Waals surface area (Å²) in [6, 6.07) is 6.20. The van der Waals surface area contributed by atoms with Gasteiger partial charge in [0.1, 0.15) is 6.54 Å². The fraction of sp³-hybridized carbons (Fsp3) is 0.611. The number of nitrogens with one attached hydrogen (secondary N) is 1. The molecular weight excluding hydrogens is 292 g/mol. The highest BCUT2D eigenvalue weighted by Gasteiger charge is 2.32. The molecule has 5 heteroatoms. The molecule has 0 aliphatic carbocycles. The summed E-state index contributed by atoms with van der Waals surface area (Å²) in [7, 11) is 0. The van der Waals surface area contributed by atoms with Gasteiger partial charge >= 0.3 is 0 Å². The predicted molar refractivity (Wildman–Crippen MR) is 85.5 cm³/mol. The van der Waals surface area contributed by atoms with E-state index < -0.39 is 0 Å². The lowest BCUT2D eigenvalue weighted by atomic mass is 9.96. The minimum absolute atomic E-state index is 0.214. The summed E-state index contributed by atoms with van der Waals surface area (Å²) in [5.41, 5.74) is 1.26. The van der Waals surface area contributed by atoms with Crippen molar-refractivity contribution in [1.82, 2.24) is 4.90 Å². The largest absolute Gasteiger partial charge is 0.454 e. The number of fused-ring (bicyclic) bond motifs is 1. The van der Waals surface area contributed by atoms with Crippen molar-refractivity contribution in [2.24, 2.45) is 5.92 Å². The van der Waals surface area contributed by atoms with E-state index >= 15 is 0 Å². The Labute approximate surface area is 137 Å².